The van der Waals surface area contributed by atoms with Crippen LogP contribution in [0.2, 0.25) is 0 Å². The third kappa shape index (κ3) is 7.32. The summed E-state index contributed by atoms with van der Waals surface area (Å²) < 4.78 is 4.88. The fourth-order valence-corrected chi connectivity index (χ4v) is 3.56. The molecule has 1 aliphatic rings. The summed E-state index contributed by atoms with van der Waals surface area (Å²) in [6.07, 6.45) is 7.62. The number of allylic oxidation sites excluding steroid dienone is 1. The molecule has 30 heavy (non-hydrogen) atoms. The van der Waals surface area contributed by atoms with E-state index in [1.54, 1.807) is 13.2 Å². The van der Waals surface area contributed by atoms with E-state index >= 15 is 0 Å². The summed E-state index contributed by atoms with van der Waals surface area (Å²) in [7, 11) is 2.93. The first-order valence-corrected chi connectivity index (χ1v) is 10.7. The highest BCUT2D eigenvalue weighted by Gasteiger charge is 2.22. The van der Waals surface area contributed by atoms with Crippen LogP contribution in [-0.2, 0) is 25.8 Å². The van der Waals surface area contributed by atoms with Crippen molar-refractivity contribution in [3.63, 3.8) is 0 Å². The van der Waals surface area contributed by atoms with Gasteiger partial charge in [0.25, 0.3) is 0 Å². The Morgan fingerprint density at radius 2 is 1.77 bits per heavy atom. The van der Waals surface area contributed by atoms with Gasteiger partial charge in [-0.25, -0.2) is 4.79 Å². The first-order chi connectivity index (χ1) is 14.6. The van der Waals surface area contributed by atoms with Crippen molar-refractivity contribution in [2.45, 2.75) is 66.4 Å². The SMILES string of the molecule is C/C=C(/C(=O)OC)c1ccccc1CO/N=C(C)/C(=N/OC)C1CCCCC1.CC. The minimum atomic E-state index is -0.374. The van der Waals surface area contributed by atoms with Gasteiger partial charge in [-0.15, -0.1) is 0 Å². The highest BCUT2D eigenvalue weighted by molar-refractivity contribution is 6.42. The van der Waals surface area contributed by atoms with Gasteiger partial charge in [0.1, 0.15) is 25.1 Å². The Balaban J connectivity index is 0.00000218. The molecule has 0 spiro atoms. The lowest BCUT2D eigenvalue weighted by Gasteiger charge is -2.22. The number of benzene rings is 1. The van der Waals surface area contributed by atoms with Crippen LogP contribution in [0.1, 0.15) is 70.9 Å². The molecule has 0 unspecified atom stereocenters. The highest BCUT2D eigenvalue weighted by Crippen LogP contribution is 2.26. The molecule has 0 saturated heterocycles. The number of methoxy groups -OCH3 is 1. The summed E-state index contributed by atoms with van der Waals surface area (Å²) in [5, 5.41) is 8.48. The van der Waals surface area contributed by atoms with E-state index in [9.17, 15) is 4.79 Å². The average molecular weight is 417 g/mol. The van der Waals surface area contributed by atoms with Crippen LogP contribution >= 0.6 is 0 Å². The fraction of sp³-hybridized carbons (Fsp3) is 0.542. The van der Waals surface area contributed by atoms with Gasteiger partial charge >= 0.3 is 5.97 Å². The molecule has 0 heterocycles. The first kappa shape index (κ1) is 25.4. The topological polar surface area (TPSA) is 69.5 Å². The van der Waals surface area contributed by atoms with E-state index in [-0.39, 0.29) is 12.6 Å². The number of carbonyl (C=O) groups excluding carboxylic acids is 1. The number of esters is 1. The maximum Gasteiger partial charge on any atom is 0.338 e. The lowest BCUT2D eigenvalue weighted by atomic mass is 9.84. The van der Waals surface area contributed by atoms with Crippen LogP contribution in [0.3, 0.4) is 0 Å². The van der Waals surface area contributed by atoms with Gasteiger partial charge in [-0.05, 0) is 32.3 Å². The Morgan fingerprint density at radius 3 is 2.37 bits per heavy atom. The lowest BCUT2D eigenvalue weighted by molar-refractivity contribution is -0.133. The van der Waals surface area contributed by atoms with Crippen LogP contribution in [0.15, 0.2) is 40.7 Å². The fourth-order valence-electron chi connectivity index (χ4n) is 3.56. The number of ether oxygens (including phenoxy) is 1. The zero-order chi connectivity index (χ0) is 22.4. The molecule has 2 rings (SSSR count). The van der Waals surface area contributed by atoms with Crippen molar-refractivity contribution < 1.29 is 19.2 Å². The van der Waals surface area contributed by atoms with Gasteiger partial charge in [-0.2, -0.15) is 0 Å². The smallest absolute Gasteiger partial charge is 0.338 e. The molecule has 1 aromatic rings. The molecule has 166 valence electrons. The van der Waals surface area contributed by atoms with Crippen LogP contribution in [0, 0.1) is 5.92 Å². The van der Waals surface area contributed by atoms with E-state index in [1.807, 2.05) is 52.0 Å². The number of rotatable bonds is 8. The molecule has 1 aromatic carbocycles. The van der Waals surface area contributed by atoms with E-state index in [4.69, 9.17) is 14.4 Å². The predicted molar refractivity (Wildman–Crippen MR) is 122 cm³/mol. The molecule has 0 N–H and O–H groups in total. The van der Waals surface area contributed by atoms with Gasteiger partial charge in [-0.3, -0.25) is 0 Å². The van der Waals surface area contributed by atoms with Crippen molar-refractivity contribution in [1.82, 2.24) is 0 Å². The second-order valence-corrected chi connectivity index (χ2v) is 6.80. The molecule has 0 amide bonds. The second-order valence-electron chi connectivity index (χ2n) is 6.80. The standard InChI is InChI=1S/C22H30N2O4.C2H6/c1-5-19(22(25)26-3)20-14-10-9-13-18(20)15-28-23-16(2)21(24-27-4)17-11-7-6-8-12-17;1-2/h5,9-10,13-14,17H,6-8,11-12,15H2,1-4H3;1-2H3/b19-5+,23-16+,24-21-;. The molecule has 1 fully saturated rings. The molecule has 0 aliphatic heterocycles. The first-order valence-electron chi connectivity index (χ1n) is 10.7. The Morgan fingerprint density at radius 1 is 1.10 bits per heavy atom. The van der Waals surface area contributed by atoms with Crippen LogP contribution < -0.4 is 0 Å². The van der Waals surface area contributed by atoms with Gasteiger partial charge in [0.15, 0.2) is 0 Å². The number of oxime groups is 2. The largest absolute Gasteiger partial charge is 0.465 e. The van der Waals surface area contributed by atoms with E-state index in [0.29, 0.717) is 11.5 Å². The molecule has 0 bridgehead atoms. The van der Waals surface area contributed by atoms with E-state index in [1.165, 1.54) is 26.4 Å². The maximum atomic E-state index is 12.0. The molecule has 1 aliphatic carbocycles. The van der Waals surface area contributed by atoms with Gasteiger partial charge in [-0.1, -0.05) is 73.8 Å². The molecule has 6 heteroatoms. The molecular formula is C24H36N2O4. The normalized spacial score (nSPS) is 15.7. The van der Waals surface area contributed by atoms with Gasteiger partial charge in [0.05, 0.1) is 12.7 Å². The number of hydrogen-bond acceptors (Lipinski definition) is 6. The van der Waals surface area contributed by atoms with Crippen molar-refractivity contribution in [3.8, 4) is 0 Å². The Kier molecular flexibility index (Phi) is 12.2. The van der Waals surface area contributed by atoms with Crippen LogP contribution in [0.5, 0.6) is 0 Å². The second kappa shape index (κ2) is 14.4. The number of hydrogen-bond donors (Lipinski definition) is 0. The van der Waals surface area contributed by atoms with Crippen molar-refractivity contribution in [1.29, 1.82) is 0 Å². The van der Waals surface area contributed by atoms with Crippen molar-refractivity contribution in [3.05, 3.63) is 41.5 Å². The maximum absolute atomic E-state index is 12.0. The van der Waals surface area contributed by atoms with Crippen LogP contribution in [0.4, 0.5) is 0 Å². The molecule has 0 aromatic heterocycles. The molecular weight excluding hydrogens is 380 g/mol. The summed E-state index contributed by atoms with van der Waals surface area (Å²) in [6, 6.07) is 7.58. The monoisotopic (exact) mass is 416 g/mol. The Hall–Kier alpha value is -2.63. The third-order valence-corrected chi connectivity index (χ3v) is 4.98. The predicted octanol–water partition coefficient (Wildman–Crippen LogP) is 5.76. The summed E-state index contributed by atoms with van der Waals surface area (Å²) in [6.45, 7) is 7.95. The molecule has 0 radical (unpaired) electrons. The Labute approximate surface area is 181 Å². The Bertz CT molecular complexity index is 747. The zero-order valence-electron chi connectivity index (χ0n) is 19.2. The third-order valence-electron chi connectivity index (χ3n) is 4.98. The van der Waals surface area contributed by atoms with Crippen molar-refractivity contribution >= 4 is 23.0 Å². The number of carbonyl (C=O) groups is 1. The quantitative estimate of drug-likeness (QED) is 0.234. The highest BCUT2D eigenvalue weighted by atomic mass is 16.6. The van der Waals surface area contributed by atoms with Crippen LogP contribution in [-0.4, -0.2) is 31.6 Å². The molecule has 0 atom stereocenters. The van der Waals surface area contributed by atoms with Gasteiger partial charge < -0.3 is 14.4 Å². The summed E-state index contributed by atoms with van der Waals surface area (Å²) in [5.74, 6) is -0.0104. The minimum absolute atomic E-state index is 0.243. The van der Waals surface area contributed by atoms with E-state index in [2.05, 4.69) is 10.3 Å². The van der Waals surface area contributed by atoms with Gasteiger partial charge in [0, 0.05) is 11.5 Å². The summed E-state index contributed by atoms with van der Waals surface area (Å²) in [5.41, 5.74) is 3.74. The lowest BCUT2D eigenvalue weighted by Crippen LogP contribution is -2.25. The summed E-state index contributed by atoms with van der Waals surface area (Å²) >= 11 is 0. The zero-order valence-corrected chi connectivity index (χ0v) is 19.2. The number of nitrogens with zero attached hydrogens (tertiary/aromatic N) is 2. The molecule has 6 nitrogen and oxygen atoms in total. The van der Waals surface area contributed by atoms with Crippen molar-refractivity contribution in [2.24, 2.45) is 16.2 Å². The van der Waals surface area contributed by atoms with E-state index < -0.39 is 0 Å². The van der Waals surface area contributed by atoms with Crippen LogP contribution in [0.25, 0.3) is 5.57 Å². The van der Waals surface area contributed by atoms with E-state index in [0.717, 1.165) is 35.4 Å². The average Bonchev–Trinajstić information content (AvgIpc) is 2.80. The van der Waals surface area contributed by atoms with Gasteiger partial charge in [0.2, 0.25) is 0 Å². The minimum Gasteiger partial charge on any atom is -0.465 e. The summed E-state index contributed by atoms with van der Waals surface area (Å²) in [4.78, 5) is 22.7. The molecule has 1 saturated carbocycles. The van der Waals surface area contributed by atoms with Crippen molar-refractivity contribution in [2.75, 3.05) is 14.2 Å².